The lowest BCUT2D eigenvalue weighted by Crippen LogP contribution is -1.95. The molecule has 2 unspecified atom stereocenters. The Kier molecular flexibility index (Phi) is 6.47. The highest BCUT2D eigenvalue weighted by Gasteiger charge is 2.17. The molecule has 136 valence electrons. The van der Waals surface area contributed by atoms with E-state index in [1.54, 1.807) is 18.2 Å². The second kappa shape index (κ2) is 8.20. The molecule has 2 aromatic rings. The van der Waals surface area contributed by atoms with Gasteiger partial charge < -0.3 is 18.1 Å². The van der Waals surface area contributed by atoms with E-state index in [-0.39, 0.29) is 0 Å². The molecule has 0 aliphatic carbocycles. The Morgan fingerprint density at radius 2 is 1.32 bits per heavy atom. The molecule has 6 nitrogen and oxygen atoms in total. The zero-order valence-corrected chi connectivity index (χ0v) is 16.5. The van der Waals surface area contributed by atoms with Crippen molar-refractivity contribution in [1.29, 1.82) is 0 Å². The van der Waals surface area contributed by atoms with Crippen LogP contribution in [0.2, 0.25) is 0 Å². The summed E-state index contributed by atoms with van der Waals surface area (Å²) < 4.78 is 44.1. The van der Waals surface area contributed by atoms with E-state index in [9.17, 15) is 9.13 Å². The molecule has 0 aromatic heterocycles. The minimum atomic E-state index is -3.08. The van der Waals surface area contributed by atoms with Crippen LogP contribution in [0.3, 0.4) is 0 Å². The second-order valence-electron chi connectivity index (χ2n) is 5.56. The fraction of sp³-hybridized carbons (Fsp3) is 0.294. The van der Waals surface area contributed by atoms with Crippen LogP contribution in [0, 0.1) is 0 Å². The summed E-state index contributed by atoms with van der Waals surface area (Å²) in [6, 6.07) is 14.6. The molecular formula is C17H22O6P2. The van der Waals surface area contributed by atoms with E-state index >= 15 is 0 Å². The Hall–Kier alpha value is -1.58. The molecule has 0 saturated carbocycles. The van der Waals surface area contributed by atoms with E-state index in [1.807, 2.05) is 30.3 Å². The predicted molar refractivity (Wildman–Crippen MR) is 98.0 cm³/mol. The van der Waals surface area contributed by atoms with E-state index in [2.05, 4.69) is 0 Å². The van der Waals surface area contributed by atoms with Crippen LogP contribution < -0.4 is 9.05 Å². The zero-order chi connectivity index (χ0) is 18.5. The summed E-state index contributed by atoms with van der Waals surface area (Å²) in [5.41, 5.74) is 2.04. The number of benzene rings is 2. The maximum absolute atomic E-state index is 11.9. The second-order valence-corrected chi connectivity index (χ2v) is 9.74. The lowest BCUT2D eigenvalue weighted by molar-refractivity contribution is 0.327. The van der Waals surface area contributed by atoms with E-state index in [0.717, 1.165) is 11.1 Å². The smallest absolute Gasteiger partial charge is 0.375 e. The van der Waals surface area contributed by atoms with Gasteiger partial charge in [0.2, 0.25) is 0 Å². The van der Waals surface area contributed by atoms with Gasteiger partial charge in [-0.25, -0.2) is 9.13 Å². The molecule has 0 amide bonds. The first-order chi connectivity index (χ1) is 11.7. The van der Waals surface area contributed by atoms with Crippen LogP contribution in [0.15, 0.2) is 48.5 Å². The van der Waals surface area contributed by atoms with Crippen molar-refractivity contribution in [2.75, 3.05) is 27.5 Å². The van der Waals surface area contributed by atoms with Crippen LogP contribution in [0.5, 0.6) is 11.5 Å². The van der Waals surface area contributed by atoms with Crippen LogP contribution in [0.25, 0.3) is 0 Å². The van der Waals surface area contributed by atoms with Gasteiger partial charge in [-0.2, -0.15) is 0 Å². The molecule has 0 aliphatic heterocycles. The van der Waals surface area contributed by atoms with E-state index in [4.69, 9.17) is 18.1 Å². The van der Waals surface area contributed by atoms with Gasteiger partial charge in [-0.3, -0.25) is 0 Å². The van der Waals surface area contributed by atoms with E-state index < -0.39 is 15.2 Å². The molecule has 0 aliphatic rings. The lowest BCUT2D eigenvalue weighted by Gasteiger charge is -2.14. The highest BCUT2D eigenvalue weighted by atomic mass is 31.2. The normalized spacial score (nSPS) is 15.8. The molecule has 0 saturated heterocycles. The third kappa shape index (κ3) is 6.33. The van der Waals surface area contributed by atoms with Crippen LogP contribution in [0.1, 0.15) is 11.1 Å². The molecule has 2 aromatic carbocycles. The van der Waals surface area contributed by atoms with Gasteiger partial charge in [0.05, 0.1) is 0 Å². The van der Waals surface area contributed by atoms with Crippen molar-refractivity contribution in [3.63, 3.8) is 0 Å². The number of hydrogen-bond acceptors (Lipinski definition) is 6. The highest BCUT2D eigenvalue weighted by Crippen LogP contribution is 2.44. The van der Waals surface area contributed by atoms with Gasteiger partial charge in [0.15, 0.2) is 0 Å². The summed E-state index contributed by atoms with van der Waals surface area (Å²) in [5, 5.41) is 0. The average Bonchev–Trinajstić information content (AvgIpc) is 2.56. The van der Waals surface area contributed by atoms with Gasteiger partial charge in [0, 0.05) is 27.5 Å². The summed E-state index contributed by atoms with van der Waals surface area (Å²) in [5.74, 6) is 0.984. The summed E-state index contributed by atoms with van der Waals surface area (Å²) in [6.07, 6.45) is 0.659. The van der Waals surface area contributed by atoms with E-state index in [0.29, 0.717) is 17.9 Å². The number of rotatable bonds is 8. The average molecular weight is 384 g/mol. The van der Waals surface area contributed by atoms with Crippen molar-refractivity contribution >= 4 is 15.2 Å². The standard InChI is InChI=1S/C17H22O6P2/c1-20-24(3,18)22-16-10-8-14(9-11-16)12-15-6-5-7-17(13-15)23-25(4,19)21-2/h5-11,13H,12H2,1-4H3. The minimum Gasteiger partial charge on any atom is -0.425 e. The van der Waals surface area contributed by atoms with Crippen LogP contribution in [-0.2, 0) is 24.6 Å². The van der Waals surface area contributed by atoms with Gasteiger partial charge in [-0.1, -0.05) is 24.3 Å². The highest BCUT2D eigenvalue weighted by molar-refractivity contribution is 7.53. The Morgan fingerprint density at radius 3 is 1.88 bits per heavy atom. The minimum absolute atomic E-state index is 0.487. The van der Waals surface area contributed by atoms with Gasteiger partial charge >= 0.3 is 15.2 Å². The summed E-state index contributed by atoms with van der Waals surface area (Å²) in [4.78, 5) is 0. The van der Waals surface area contributed by atoms with Gasteiger partial charge in [0.1, 0.15) is 11.5 Å². The fourth-order valence-corrected chi connectivity index (χ4v) is 3.22. The fourth-order valence-electron chi connectivity index (χ4n) is 2.07. The predicted octanol–water partition coefficient (Wildman–Crippen LogP) is 4.97. The molecule has 0 fully saturated rings. The monoisotopic (exact) mass is 384 g/mol. The largest absolute Gasteiger partial charge is 0.425 e. The van der Waals surface area contributed by atoms with Gasteiger partial charge in [-0.05, 0) is 41.8 Å². The lowest BCUT2D eigenvalue weighted by atomic mass is 10.0. The third-order valence-corrected chi connectivity index (χ3v) is 5.85. The van der Waals surface area contributed by atoms with Crippen molar-refractivity contribution in [3.8, 4) is 11.5 Å². The molecule has 8 heteroatoms. The molecule has 0 spiro atoms. The number of hydrogen-bond donors (Lipinski definition) is 0. The van der Waals surface area contributed by atoms with E-state index in [1.165, 1.54) is 27.5 Å². The van der Waals surface area contributed by atoms with Gasteiger partial charge in [0.25, 0.3) is 0 Å². The molecule has 2 atom stereocenters. The quantitative estimate of drug-likeness (QED) is 0.598. The molecule has 25 heavy (non-hydrogen) atoms. The molecular weight excluding hydrogens is 362 g/mol. The molecule has 0 N–H and O–H groups in total. The van der Waals surface area contributed by atoms with Crippen molar-refractivity contribution in [2.24, 2.45) is 0 Å². The van der Waals surface area contributed by atoms with Crippen LogP contribution >= 0.6 is 15.2 Å². The van der Waals surface area contributed by atoms with Crippen molar-refractivity contribution in [2.45, 2.75) is 6.42 Å². The Morgan fingerprint density at radius 1 is 0.760 bits per heavy atom. The molecule has 0 bridgehead atoms. The Labute approximate surface area is 148 Å². The summed E-state index contributed by atoms with van der Waals surface area (Å²) >= 11 is 0. The zero-order valence-electron chi connectivity index (χ0n) is 14.7. The maximum Gasteiger partial charge on any atom is 0.375 e. The molecule has 2 rings (SSSR count). The molecule has 0 radical (unpaired) electrons. The SMILES string of the molecule is COP(C)(=O)Oc1ccc(Cc2cccc(OP(C)(=O)OC)c2)cc1. The van der Waals surface area contributed by atoms with Crippen molar-refractivity contribution in [1.82, 2.24) is 0 Å². The molecule has 0 heterocycles. The van der Waals surface area contributed by atoms with Crippen LogP contribution in [-0.4, -0.2) is 27.5 Å². The third-order valence-electron chi connectivity index (χ3n) is 3.44. The first-order valence-corrected chi connectivity index (χ1v) is 11.5. The first kappa shape index (κ1) is 19.7. The van der Waals surface area contributed by atoms with Crippen LogP contribution in [0.4, 0.5) is 0 Å². The Balaban J connectivity index is 2.07. The maximum atomic E-state index is 11.9. The summed E-state index contributed by atoms with van der Waals surface area (Å²) in [6.45, 7) is 2.84. The topological polar surface area (TPSA) is 71.1 Å². The Bertz CT molecular complexity index is 803. The first-order valence-electron chi connectivity index (χ1n) is 7.56. The summed E-state index contributed by atoms with van der Waals surface area (Å²) in [7, 11) is -3.44. The van der Waals surface area contributed by atoms with Gasteiger partial charge in [-0.15, -0.1) is 0 Å². The van der Waals surface area contributed by atoms with Crippen molar-refractivity contribution < 1.29 is 27.2 Å². The van der Waals surface area contributed by atoms with Crippen molar-refractivity contribution in [3.05, 3.63) is 59.7 Å².